The molecule has 0 radical (unpaired) electrons. The van der Waals surface area contributed by atoms with Crippen molar-refractivity contribution in [3.63, 3.8) is 0 Å². The largest absolute Gasteiger partial charge is 0.337 e. The summed E-state index contributed by atoms with van der Waals surface area (Å²) in [5.41, 5.74) is 0.347. The Kier molecular flexibility index (Phi) is 3.52. The van der Waals surface area contributed by atoms with E-state index in [1.165, 1.54) is 12.5 Å². The topological polar surface area (TPSA) is 69.3 Å². The van der Waals surface area contributed by atoms with E-state index >= 15 is 0 Å². The number of hydrogen-bond acceptors (Lipinski definition) is 4. The van der Waals surface area contributed by atoms with Gasteiger partial charge in [-0.2, -0.15) is 0 Å². The van der Waals surface area contributed by atoms with Gasteiger partial charge in [-0.25, -0.2) is 4.98 Å². The molecule has 1 aromatic heterocycles. The van der Waals surface area contributed by atoms with Crippen LogP contribution < -0.4 is 5.56 Å². The molecule has 3 aliphatic rings. The number of amides is 1. The highest BCUT2D eigenvalue weighted by Gasteiger charge is 2.41. The highest BCUT2D eigenvalue weighted by atomic mass is 16.2. The van der Waals surface area contributed by atoms with Gasteiger partial charge in [0.1, 0.15) is 11.5 Å². The summed E-state index contributed by atoms with van der Waals surface area (Å²) in [7, 11) is 2.15. The molecule has 3 heterocycles. The second-order valence-electron chi connectivity index (χ2n) is 7.61. The molecule has 1 atom stereocenters. The third-order valence-corrected chi connectivity index (χ3v) is 5.52. The second kappa shape index (κ2) is 5.44. The van der Waals surface area contributed by atoms with Gasteiger partial charge in [0.25, 0.3) is 11.5 Å². The van der Waals surface area contributed by atoms with Crippen LogP contribution in [0.3, 0.4) is 0 Å². The molecule has 0 bridgehead atoms. The van der Waals surface area contributed by atoms with E-state index in [9.17, 15) is 9.59 Å². The van der Waals surface area contributed by atoms with E-state index in [4.69, 9.17) is 0 Å². The molecule has 23 heavy (non-hydrogen) atoms. The van der Waals surface area contributed by atoms with Gasteiger partial charge in [-0.05, 0) is 45.7 Å². The van der Waals surface area contributed by atoms with Crippen LogP contribution in [0.25, 0.3) is 0 Å². The van der Waals surface area contributed by atoms with E-state index in [0.29, 0.717) is 17.4 Å². The van der Waals surface area contributed by atoms with E-state index in [1.807, 2.05) is 4.90 Å². The lowest BCUT2D eigenvalue weighted by Crippen LogP contribution is -2.47. The molecule has 0 aromatic carbocycles. The van der Waals surface area contributed by atoms with Gasteiger partial charge in [0.2, 0.25) is 0 Å². The average Bonchev–Trinajstić information content (AvgIpc) is 3.32. The molecule has 1 aromatic rings. The summed E-state index contributed by atoms with van der Waals surface area (Å²) >= 11 is 0. The molecule has 1 unspecified atom stereocenters. The summed E-state index contributed by atoms with van der Waals surface area (Å²) in [6.07, 6.45) is 5.50. The number of likely N-dealkylation sites (tertiary alicyclic amines) is 2. The second-order valence-corrected chi connectivity index (χ2v) is 7.61. The molecule has 1 amide bonds. The number of nitrogens with zero attached hydrogens (tertiary/aromatic N) is 3. The minimum absolute atomic E-state index is 0.0772. The van der Waals surface area contributed by atoms with Crippen LogP contribution in [0.5, 0.6) is 0 Å². The molecule has 3 fully saturated rings. The van der Waals surface area contributed by atoms with Gasteiger partial charge < -0.3 is 14.8 Å². The number of piperidine rings is 1. The number of H-pyrrole nitrogens is 1. The Labute approximate surface area is 135 Å². The zero-order valence-corrected chi connectivity index (χ0v) is 13.7. The van der Waals surface area contributed by atoms with Crippen molar-refractivity contribution in [2.24, 2.45) is 5.41 Å². The third-order valence-electron chi connectivity index (χ3n) is 5.52. The van der Waals surface area contributed by atoms with Crippen molar-refractivity contribution in [3.8, 4) is 0 Å². The van der Waals surface area contributed by atoms with Gasteiger partial charge in [0, 0.05) is 37.0 Å². The Balaban J connectivity index is 1.55. The minimum atomic E-state index is -0.211. The Bertz CT molecular complexity index is 677. The maximum Gasteiger partial charge on any atom is 0.272 e. The van der Waals surface area contributed by atoms with Crippen molar-refractivity contribution in [3.05, 3.63) is 27.9 Å². The lowest BCUT2D eigenvalue weighted by Gasteiger charge is -2.40. The molecule has 1 saturated carbocycles. The van der Waals surface area contributed by atoms with Crippen molar-refractivity contribution in [1.82, 2.24) is 19.8 Å². The van der Waals surface area contributed by atoms with Crippen LogP contribution >= 0.6 is 0 Å². The van der Waals surface area contributed by atoms with E-state index in [-0.39, 0.29) is 16.9 Å². The van der Waals surface area contributed by atoms with Crippen LogP contribution in [-0.2, 0) is 0 Å². The van der Waals surface area contributed by atoms with E-state index in [1.54, 1.807) is 0 Å². The smallest absolute Gasteiger partial charge is 0.272 e. The molecule has 1 N–H and O–H groups in total. The number of nitrogens with one attached hydrogen (secondary N) is 1. The first-order valence-corrected chi connectivity index (χ1v) is 8.64. The summed E-state index contributed by atoms with van der Waals surface area (Å²) in [5, 5.41) is 0. The monoisotopic (exact) mass is 316 g/mol. The van der Waals surface area contributed by atoms with Gasteiger partial charge in [0.05, 0.1) is 0 Å². The molecular weight excluding hydrogens is 292 g/mol. The number of aromatic nitrogens is 2. The minimum Gasteiger partial charge on any atom is -0.337 e. The summed E-state index contributed by atoms with van der Waals surface area (Å²) in [6.45, 7) is 3.74. The van der Waals surface area contributed by atoms with Crippen LogP contribution in [0.1, 0.15) is 54.3 Å². The maximum atomic E-state index is 12.9. The van der Waals surface area contributed by atoms with Crippen LogP contribution in [0.2, 0.25) is 0 Å². The fourth-order valence-corrected chi connectivity index (χ4v) is 4.17. The number of hydrogen-bond donors (Lipinski definition) is 1. The number of aromatic amines is 1. The SMILES string of the molecule is CN1CCC2(CCCN(C(=O)c3cc(=O)[nH]c(C4CC4)n3)C2)C1. The van der Waals surface area contributed by atoms with Crippen LogP contribution in [0.15, 0.2) is 10.9 Å². The van der Waals surface area contributed by atoms with Crippen molar-refractivity contribution in [2.75, 3.05) is 33.2 Å². The molecule has 6 nitrogen and oxygen atoms in total. The van der Waals surface area contributed by atoms with Crippen LogP contribution in [0.4, 0.5) is 0 Å². The zero-order chi connectivity index (χ0) is 16.0. The highest BCUT2D eigenvalue weighted by molar-refractivity contribution is 5.92. The van der Waals surface area contributed by atoms with Gasteiger partial charge in [-0.15, -0.1) is 0 Å². The van der Waals surface area contributed by atoms with E-state index < -0.39 is 0 Å². The predicted molar refractivity (Wildman–Crippen MR) is 86.5 cm³/mol. The van der Waals surface area contributed by atoms with E-state index in [0.717, 1.165) is 51.9 Å². The standard InChI is InChI=1S/C17H24N4O2/c1-20-8-6-17(10-20)5-2-7-21(11-17)16(23)13-9-14(22)19-15(18-13)12-3-4-12/h9,12H,2-8,10-11H2,1H3,(H,18,19,22). The Morgan fingerprint density at radius 1 is 1.30 bits per heavy atom. The van der Waals surface area contributed by atoms with Crippen molar-refractivity contribution in [2.45, 2.75) is 38.0 Å². The third kappa shape index (κ3) is 2.92. The molecule has 2 saturated heterocycles. The molecular formula is C17H24N4O2. The molecule has 6 heteroatoms. The lowest BCUT2D eigenvalue weighted by molar-refractivity contribution is 0.0528. The van der Waals surface area contributed by atoms with Crippen molar-refractivity contribution >= 4 is 5.91 Å². The molecule has 124 valence electrons. The van der Waals surface area contributed by atoms with Gasteiger partial charge in [-0.1, -0.05) is 0 Å². The first-order chi connectivity index (χ1) is 11.0. The molecule has 4 rings (SSSR count). The van der Waals surface area contributed by atoms with Crippen LogP contribution in [-0.4, -0.2) is 58.9 Å². The van der Waals surface area contributed by atoms with E-state index in [2.05, 4.69) is 21.9 Å². The number of carbonyl (C=O) groups is 1. The summed E-state index contributed by atoms with van der Waals surface area (Å²) in [5.74, 6) is 0.950. The Morgan fingerprint density at radius 2 is 2.13 bits per heavy atom. The Hall–Kier alpha value is -1.69. The van der Waals surface area contributed by atoms with Crippen LogP contribution in [0, 0.1) is 5.41 Å². The average molecular weight is 316 g/mol. The molecule has 2 aliphatic heterocycles. The van der Waals surface area contributed by atoms with Gasteiger partial charge in [-0.3, -0.25) is 9.59 Å². The summed E-state index contributed by atoms with van der Waals surface area (Å²) in [6, 6.07) is 1.36. The molecule has 1 aliphatic carbocycles. The zero-order valence-electron chi connectivity index (χ0n) is 13.7. The number of rotatable bonds is 2. The number of carbonyl (C=O) groups excluding carboxylic acids is 1. The lowest BCUT2D eigenvalue weighted by atomic mass is 9.79. The first-order valence-electron chi connectivity index (χ1n) is 8.64. The van der Waals surface area contributed by atoms with Gasteiger partial charge in [0.15, 0.2) is 0 Å². The Morgan fingerprint density at radius 3 is 2.83 bits per heavy atom. The highest BCUT2D eigenvalue weighted by Crippen LogP contribution is 2.39. The summed E-state index contributed by atoms with van der Waals surface area (Å²) < 4.78 is 0. The predicted octanol–water partition coefficient (Wildman–Crippen LogP) is 1.21. The fraction of sp³-hybridized carbons (Fsp3) is 0.706. The quantitative estimate of drug-likeness (QED) is 0.890. The van der Waals surface area contributed by atoms with Crippen molar-refractivity contribution < 1.29 is 4.79 Å². The van der Waals surface area contributed by atoms with Crippen molar-refractivity contribution in [1.29, 1.82) is 0 Å². The van der Waals surface area contributed by atoms with Gasteiger partial charge >= 0.3 is 0 Å². The fourth-order valence-electron chi connectivity index (χ4n) is 4.17. The molecule has 1 spiro atoms. The summed E-state index contributed by atoms with van der Waals surface area (Å²) in [4.78, 5) is 36.2. The first kappa shape index (κ1) is 14.9. The normalized spacial score (nSPS) is 28.5. The maximum absolute atomic E-state index is 12.9.